The van der Waals surface area contributed by atoms with Gasteiger partial charge >= 0.3 is 0 Å². The molecule has 2 aliphatic carbocycles. The van der Waals surface area contributed by atoms with Gasteiger partial charge in [-0.1, -0.05) is 71.6 Å². The molecule has 0 radical (unpaired) electrons. The molecule has 1 aromatic carbocycles. The lowest BCUT2D eigenvalue weighted by Crippen LogP contribution is -2.38. The molecule has 1 atom stereocenters. The molecule has 1 aromatic heterocycles. The van der Waals surface area contributed by atoms with E-state index in [0.717, 1.165) is 10.0 Å². The van der Waals surface area contributed by atoms with Crippen LogP contribution in [0.5, 0.6) is 0 Å². The van der Waals surface area contributed by atoms with E-state index < -0.39 is 5.92 Å². The molecule has 0 bridgehead atoms. The highest BCUT2D eigenvalue weighted by molar-refractivity contribution is 8.01. The summed E-state index contributed by atoms with van der Waals surface area (Å²) in [6.45, 7) is 0. The van der Waals surface area contributed by atoms with Crippen LogP contribution in [-0.4, -0.2) is 21.2 Å². The molecule has 2 N–H and O–H groups in total. The first-order valence-electron chi connectivity index (χ1n) is 11.4. The quantitative estimate of drug-likeness (QED) is 0.476. The van der Waals surface area contributed by atoms with Crippen LogP contribution in [-0.2, 0) is 4.79 Å². The van der Waals surface area contributed by atoms with Crippen molar-refractivity contribution in [2.24, 2.45) is 5.73 Å². The van der Waals surface area contributed by atoms with E-state index in [0.29, 0.717) is 50.8 Å². The monoisotopic (exact) mass is 531 g/mol. The van der Waals surface area contributed by atoms with Gasteiger partial charge in [-0.15, -0.1) is 10.2 Å². The summed E-state index contributed by atoms with van der Waals surface area (Å²) in [6.07, 6.45) is 7.99. The van der Waals surface area contributed by atoms with Gasteiger partial charge in [-0.05, 0) is 43.4 Å². The molecule has 1 saturated carbocycles. The Labute approximate surface area is 216 Å². The van der Waals surface area contributed by atoms with Crippen LogP contribution < -0.4 is 10.6 Å². The molecule has 0 amide bonds. The van der Waals surface area contributed by atoms with Crippen LogP contribution in [0.1, 0.15) is 62.8 Å². The second-order valence-electron chi connectivity index (χ2n) is 8.71. The lowest BCUT2D eigenvalue weighted by atomic mass is 9.76. The number of benzene rings is 1. The predicted octanol–water partition coefficient (Wildman–Crippen LogP) is 6.57. The Morgan fingerprint density at radius 2 is 1.94 bits per heavy atom. The largest absolute Gasteiger partial charge is 0.384 e. The molecular weight excluding hydrogens is 509 g/mol. The maximum absolute atomic E-state index is 13.2. The van der Waals surface area contributed by atoms with Gasteiger partial charge in [0, 0.05) is 33.0 Å². The van der Waals surface area contributed by atoms with Gasteiger partial charge < -0.3 is 5.73 Å². The minimum absolute atomic E-state index is 0.00355. The van der Waals surface area contributed by atoms with Crippen molar-refractivity contribution in [3.05, 3.63) is 56.5 Å². The van der Waals surface area contributed by atoms with E-state index in [2.05, 4.69) is 16.3 Å². The Morgan fingerprint density at radius 1 is 1.15 bits per heavy atom. The summed E-state index contributed by atoms with van der Waals surface area (Å²) < 4.78 is 0.889. The van der Waals surface area contributed by atoms with Gasteiger partial charge in [0.25, 0.3) is 0 Å². The number of nitrogens with two attached hydrogens (primary N) is 1. The molecule has 2 aromatic rings. The smallest absolute Gasteiger partial charge is 0.219 e. The highest BCUT2D eigenvalue weighted by Gasteiger charge is 2.42. The molecule has 3 aliphatic rings. The molecule has 176 valence electrons. The van der Waals surface area contributed by atoms with E-state index in [-0.39, 0.29) is 17.2 Å². The zero-order valence-electron chi connectivity index (χ0n) is 18.4. The minimum atomic E-state index is -0.627. The Morgan fingerprint density at radius 3 is 2.68 bits per heavy atom. The van der Waals surface area contributed by atoms with Gasteiger partial charge in [-0.2, -0.15) is 5.26 Å². The van der Waals surface area contributed by atoms with Crippen LogP contribution in [0, 0.1) is 11.3 Å². The van der Waals surface area contributed by atoms with E-state index in [4.69, 9.17) is 28.9 Å². The number of aromatic nitrogens is 2. The predicted molar refractivity (Wildman–Crippen MR) is 137 cm³/mol. The summed E-state index contributed by atoms with van der Waals surface area (Å²) in [7, 11) is 0. The number of rotatable bonds is 4. The number of carbonyl (C=O) groups excluding carboxylic acids is 1. The van der Waals surface area contributed by atoms with Gasteiger partial charge in [-0.3, -0.25) is 9.69 Å². The fourth-order valence-electron chi connectivity index (χ4n) is 5.02. The van der Waals surface area contributed by atoms with Crippen LogP contribution in [0.25, 0.3) is 0 Å². The van der Waals surface area contributed by atoms with E-state index >= 15 is 0 Å². The number of allylic oxidation sites excluding steroid dienone is 3. The van der Waals surface area contributed by atoms with Crippen molar-refractivity contribution in [2.75, 3.05) is 4.90 Å². The number of hydrogen-bond donors (Lipinski definition) is 1. The normalized spacial score (nSPS) is 21.6. The molecule has 34 heavy (non-hydrogen) atoms. The number of ketones is 1. The van der Waals surface area contributed by atoms with Gasteiger partial charge in [0.15, 0.2) is 10.1 Å². The topological polar surface area (TPSA) is 95.9 Å². The Hall–Kier alpha value is -2.05. The van der Waals surface area contributed by atoms with Crippen molar-refractivity contribution in [1.29, 1.82) is 5.26 Å². The van der Waals surface area contributed by atoms with Crippen molar-refractivity contribution >= 4 is 57.2 Å². The van der Waals surface area contributed by atoms with Crippen LogP contribution in [0.2, 0.25) is 10.0 Å². The number of halogens is 2. The summed E-state index contributed by atoms with van der Waals surface area (Å²) in [5.41, 5.74) is 8.91. The van der Waals surface area contributed by atoms with Gasteiger partial charge in [-0.25, -0.2) is 0 Å². The molecule has 1 fully saturated rings. The highest BCUT2D eigenvalue weighted by atomic mass is 35.5. The summed E-state index contributed by atoms with van der Waals surface area (Å²) in [5.74, 6) is -0.348. The van der Waals surface area contributed by atoms with E-state index in [1.807, 2.05) is 0 Å². The summed E-state index contributed by atoms with van der Waals surface area (Å²) in [6, 6.07) is 7.37. The fourth-order valence-corrected chi connectivity index (χ4v) is 7.92. The first-order valence-corrected chi connectivity index (χ1v) is 13.8. The molecular formula is C24H23Cl2N5OS2. The van der Waals surface area contributed by atoms with E-state index in [1.54, 1.807) is 34.9 Å². The Bertz CT molecular complexity index is 1240. The number of Topliss-reactive ketones (excluding diaryl/α,β-unsaturated/α-hetero) is 1. The van der Waals surface area contributed by atoms with Crippen LogP contribution in [0.15, 0.2) is 45.2 Å². The number of nitriles is 1. The maximum Gasteiger partial charge on any atom is 0.219 e. The second kappa shape index (κ2) is 9.90. The standard InChI is InChI=1S/C24H23Cl2N5OS2/c25-13-9-10-15(17(26)11-13)20-16(12-27)22(28)31(18-7-4-8-19(32)21(18)20)23-29-30-24(34-23)33-14-5-2-1-3-6-14/h9-11,14,20H,1-8,28H2. The van der Waals surface area contributed by atoms with E-state index in [1.165, 1.54) is 43.4 Å². The third kappa shape index (κ3) is 4.35. The molecule has 5 rings (SSSR count). The lowest BCUT2D eigenvalue weighted by molar-refractivity contribution is -0.116. The molecule has 2 heterocycles. The first-order chi connectivity index (χ1) is 16.5. The second-order valence-corrected chi connectivity index (χ2v) is 12.1. The molecule has 1 aliphatic heterocycles. The Kier molecular flexibility index (Phi) is 6.90. The fraction of sp³-hybridized carbons (Fsp3) is 0.417. The average molecular weight is 533 g/mol. The van der Waals surface area contributed by atoms with E-state index in [9.17, 15) is 10.1 Å². The van der Waals surface area contributed by atoms with Gasteiger partial charge in [0.05, 0.1) is 17.6 Å². The number of anilines is 1. The zero-order valence-corrected chi connectivity index (χ0v) is 21.5. The Balaban J connectivity index is 1.58. The van der Waals surface area contributed by atoms with Crippen LogP contribution in [0.4, 0.5) is 5.13 Å². The summed E-state index contributed by atoms with van der Waals surface area (Å²) in [5, 5.41) is 21.0. The summed E-state index contributed by atoms with van der Waals surface area (Å²) >= 11 is 15.9. The van der Waals surface area contributed by atoms with Crippen LogP contribution in [0.3, 0.4) is 0 Å². The SMILES string of the molecule is N#CC1=C(N)N(c2nnc(SC3CCCCC3)s2)C2=C(C(=O)CCC2)C1c1ccc(Cl)cc1Cl. The average Bonchev–Trinajstić information content (AvgIpc) is 3.27. The molecule has 0 spiro atoms. The molecule has 10 heteroatoms. The van der Waals surface area contributed by atoms with Crippen molar-refractivity contribution in [3.63, 3.8) is 0 Å². The third-order valence-corrected chi connectivity index (χ3v) is 9.49. The van der Waals surface area contributed by atoms with Crippen LogP contribution >= 0.6 is 46.3 Å². The number of hydrogen-bond acceptors (Lipinski definition) is 8. The maximum atomic E-state index is 13.2. The van der Waals surface area contributed by atoms with Gasteiger partial charge in [0.1, 0.15) is 5.82 Å². The zero-order chi connectivity index (χ0) is 23.8. The van der Waals surface area contributed by atoms with Gasteiger partial charge in [0.2, 0.25) is 5.13 Å². The number of carbonyl (C=O) groups is 1. The van der Waals surface area contributed by atoms with Crippen molar-refractivity contribution < 1.29 is 4.79 Å². The molecule has 0 saturated heterocycles. The van der Waals surface area contributed by atoms with Crippen molar-refractivity contribution in [3.8, 4) is 6.07 Å². The first kappa shape index (κ1) is 23.7. The molecule has 6 nitrogen and oxygen atoms in total. The lowest BCUT2D eigenvalue weighted by Gasteiger charge is -2.38. The molecule has 1 unspecified atom stereocenters. The minimum Gasteiger partial charge on any atom is -0.384 e. The number of nitrogens with zero attached hydrogens (tertiary/aromatic N) is 4. The highest BCUT2D eigenvalue weighted by Crippen LogP contribution is 2.49. The summed E-state index contributed by atoms with van der Waals surface area (Å²) in [4.78, 5) is 15.0. The van der Waals surface area contributed by atoms with Crippen molar-refractivity contribution in [2.45, 2.75) is 66.9 Å². The van der Waals surface area contributed by atoms with Crippen molar-refractivity contribution in [1.82, 2.24) is 10.2 Å². The number of thioether (sulfide) groups is 1. The third-order valence-electron chi connectivity index (χ3n) is 6.59.